The van der Waals surface area contributed by atoms with Gasteiger partial charge in [-0.25, -0.2) is 0 Å². The number of hydrogen-bond donors (Lipinski definition) is 2. The van der Waals surface area contributed by atoms with Crippen molar-refractivity contribution >= 4 is 5.91 Å². The fourth-order valence-electron chi connectivity index (χ4n) is 2.39. The first-order chi connectivity index (χ1) is 9.02. The Morgan fingerprint density at radius 1 is 1.42 bits per heavy atom. The topological polar surface area (TPSA) is 50.4 Å². The average molecular weight is 262 g/mol. The first kappa shape index (κ1) is 13.9. The second kappa shape index (κ2) is 5.61. The minimum Gasteiger partial charge on any atom is -0.487 e. The van der Waals surface area contributed by atoms with Gasteiger partial charge in [0.05, 0.1) is 6.54 Å². The van der Waals surface area contributed by atoms with Crippen LogP contribution in [0.4, 0.5) is 0 Å². The predicted octanol–water partition coefficient (Wildman–Crippen LogP) is 1.63. The Kier molecular flexibility index (Phi) is 4.10. The number of rotatable bonds is 5. The van der Waals surface area contributed by atoms with Crippen molar-refractivity contribution in [3.8, 4) is 5.75 Å². The van der Waals surface area contributed by atoms with Gasteiger partial charge in [-0.05, 0) is 26.3 Å². The molecule has 4 heteroatoms. The SMILES string of the molecule is CCNC(=O)CNCc1cccc2c1OC(C)(C)C2. The van der Waals surface area contributed by atoms with E-state index in [1.54, 1.807) is 0 Å². The minimum atomic E-state index is -0.127. The monoisotopic (exact) mass is 262 g/mol. The lowest BCUT2D eigenvalue weighted by molar-refractivity contribution is -0.120. The van der Waals surface area contributed by atoms with E-state index in [-0.39, 0.29) is 11.5 Å². The maximum Gasteiger partial charge on any atom is 0.233 e. The molecule has 1 aromatic rings. The van der Waals surface area contributed by atoms with Crippen molar-refractivity contribution in [1.29, 1.82) is 0 Å². The maximum atomic E-state index is 11.4. The molecule has 0 radical (unpaired) electrons. The summed E-state index contributed by atoms with van der Waals surface area (Å²) in [5, 5.41) is 5.92. The van der Waals surface area contributed by atoms with Crippen LogP contribution < -0.4 is 15.4 Å². The molecular weight excluding hydrogens is 240 g/mol. The molecule has 0 atom stereocenters. The number of ether oxygens (including phenoxy) is 1. The molecule has 0 saturated carbocycles. The molecule has 0 saturated heterocycles. The molecule has 0 aromatic heterocycles. The lowest BCUT2D eigenvalue weighted by Crippen LogP contribution is -2.33. The van der Waals surface area contributed by atoms with Gasteiger partial charge in [-0.3, -0.25) is 4.79 Å². The van der Waals surface area contributed by atoms with Crippen LogP contribution in [-0.2, 0) is 17.8 Å². The molecule has 0 aliphatic carbocycles. The van der Waals surface area contributed by atoms with Crippen LogP contribution in [0.15, 0.2) is 18.2 Å². The zero-order valence-corrected chi connectivity index (χ0v) is 11.9. The second-order valence-electron chi connectivity index (χ2n) is 5.50. The molecule has 19 heavy (non-hydrogen) atoms. The van der Waals surface area contributed by atoms with E-state index < -0.39 is 0 Å². The fraction of sp³-hybridized carbons (Fsp3) is 0.533. The van der Waals surface area contributed by atoms with Gasteiger partial charge in [-0.1, -0.05) is 18.2 Å². The van der Waals surface area contributed by atoms with Gasteiger partial charge in [0.15, 0.2) is 0 Å². The normalized spacial score (nSPS) is 15.7. The third-order valence-electron chi connectivity index (χ3n) is 3.15. The van der Waals surface area contributed by atoms with Gasteiger partial charge < -0.3 is 15.4 Å². The highest BCUT2D eigenvalue weighted by Gasteiger charge is 2.31. The molecule has 0 spiro atoms. The van der Waals surface area contributed by atoms with E-state index in [1.807, 2.05) is 19.1 Å². The molecule has 1 aromatic carbocycles. The average Bonchev–Trinajstić information content (AvgIpc) is 2.64. The Bertz CT molecular complexity index is 469. The molecule has 104 valence electrons. The highest BCUT2D eigenvalue weighted by molar-refractivity contribution is 5.77. The van der Waals surface area contributed by atoms with Crippen LogP contribution in [0.25, 0.3) is 0 Å². The van der Waals surface area contributed by atoms with Crippen LogP contribution in [0.5, 0.6) is 5.75 Å². The third-order valence-corrected chi connectivity index (χ3v) is 3.15. The van der Waals surface area contributed by atoms with E-state index in [0.29, 0.717) is 19.6 Å². The molecule has 2 rings (SSSR count). The molecule has 1 amide bonds. The summed E-state index contributed by atoms with van der Waals surface area (Å²) in [6, 6.07) is 6.20. The Labute approximate surface area is 114 Å². The van der Waals surface area contributed by atoms with Gasteiger partial charge >= 0.3 is 0 Å². The summed E-state index contributed by atoms with van der Waals surface area (Å²) in [7, 11) is 0. The first-order valence-electron chi connectivity index (χ1n) is 6.79. The largest absolute Gasteiger partial charge is 0.487 e. The summed E-state index contributed by atoms with van der Waals surface area (Å²) in [4.78, 5) is 11.4. The second-order valence-corrected chi connectivity index (χ2v) is 5.50. The number of hydrogen-bond acceptors (Lipinski definition) is 3. The molecular formula is C15H22N2O2. The van der Waals surface area contributed by atoms with Crippen LogP contribution in [0.1, 0.15) is 31.9 Å². The van der Waals surface area contributed by atoms with Gasteiger partial charge in [-0.15, -0.1) is 0 Å². The van der Waals surface area contributed by atoms with Crippen LogP contribution >= 0.6 is 0 Å². The van der Waals surface area contributed by atoms with Crippen LogP contribution in [-0.4, -0.2) is 24.6 Å². The number of fused-ring (bicyclic) bond motifs is 1. The van der Waals surface area contributed by atoms with Gasteiger partial charge in [0.25, 0.3) is 0 Å². The van der Waals surface area contributed by atoms with E-state index in [2.05, 4.69) is 30.5 Å². The van der Waals surface area contributed by atoms with E-state index in [4.69, 9.17) is 4.74 Å². The predicted molar refractivity (Wildman–Crippen MR) is 75.2 cm³/mol. The Hall–Kier alpha value is -1.55. The molecule has 4 nitrogen and oxygen atoms in total. The van der Waals surface area contributed by atoms with Crippen molar-refractivity contribution < 1.29 is 9.53 Å². The Morgan fingerprint density at radius 2 is 2.21 bits per heavy atom. The number of nitrogens with one attached hydrogen (secondary N) is 2. The minimum absolute atomic E-state index is 0.0244. The Morgan fingerprint density at radius 3 is 2.95 bits per heavy atom. The molecule has 0 unspecified atom stereocenters. The van der Waals surface area contributed by atoms with Crippen molar-refractivity contribution in [3.63, 3.8) is 0 Å². The van der Waals surface area contributed by atoms with Gasteiger partial charge in [0.1, 0.15) is 11.4 Å². The number of benzene rings is 1. The van der Waals surface area contributed by atoms with E-state index >= 15 is 0 Å². The number of carbonyl (C=O) groups is 1. The van der Waals surface area contributed by atoms with Crippen molar-refractivity contribution in [3.05, 3.63) is 29.3 Å². The number of amides is 1. The summed E-state index contributed by atoms with van der Waals surface area (Å²) in [6.45, 7) is 7.76. The number of carbonyl (C=O) groups excluding carboxylic acids is 1. The van der Waals surface area contributed by atoms with E-state index in [0.717, 1.165) is 17.7 Å². The zero-order chi connectivity index (χ0) is 13.9. The quantitative estimate of drug-likeness (QED) is 0.848. The molecule has 1 aliphatic rings. The summed E-state index contributed by atoms with van der Waals surface area (Å²) in [5.41, 5.74) is 2.24. The van der Waals surface area contributed by atoms with Crippen molar-refractivity contribution in [2.45, 2.75) is 39.3 Å². The molecule has 0 bridgehead atoms. The standard InChI is InChI=1S/C15H22N2O2/c1-4-17-13(18)10-16-9-12-7-5-6-11-8-15(2,3)19-14(11)12/h5-7,16H,4,8-10H2,1-3H3,(H,17,18). The van der Waals surface area contributed by atoms with Gasteiger partial charge in [0, 0.05) is 25.1 Å². The van der Waals surface area contributed by atoms with E-state index in [9.17, 15) is 4.79 Å². The zero-order valence-electron chi connectivity index (χ0n) is 11.9. The molecule has 1 aliphatic heterocycles. The molecule has 2 N–H and O–H groups in total. The van der Waals surface area contributed by atoms with E-state index in [1.165, 1.54) is 5.56 Å². The maximum absolute atomic E-state index is 11.4. The van der Waals surface area contributed by atoms with Crippen LogP contribution in [0.2, 0.25) is 0 Å². The lowest BCUT2D eigenvalue weighted by Gasteiger charge is -2.18. The van der Waals surface area contributed by atoms with Gasteiger partial charge in [0.2, 0.25) is 5.91 Å². The highest BCUT2D eigenvalue weighted by Crippen LogP contribution is 2.37. The molecule has 0 fully saturated rings. The fourth-order valence-corrected chi connectivity index (χ4v) is 2.39. The number of likely N-dealkylation sites (N-methyl/N-ethyl adjacent to an activating group) is 1. The lowest BCUT2D eigenvalue weighted by atomic mass is 10.0. The summed E-state index contributed by atoms with van der Waals surface area (Å²) in [6.07, 6.45) is 0.937. The Balaban J connectivity index is 1.96. The summed E-state index contributed by atoms with van der Waals surface area (Å²) < 4.78 is 5.99. The van der Waals surface area contributed by atoms with Crippen LogP contribution in [0, 0.1) is 0 Å². The summed E-state index contributed by atoms with van der Waals surface area (Å²) in [5.74, 6) is 1.01. The smallest absolute Gasteiger partial charge is 0.233 e. The summed E-state index contributed by atoms with van der Waals surface area (Å²) >= 11 is 0. The van der Waals surface area contributed by atoms with Crippen molar-refractivity contribution in [1.82, 2.24) is 10.6 Å². The number of para-hydroxylation sites is 1. The highest BCUT2D eigenvalue weighted by atomic mass is 16.5. The van der Waals surface area contributed by atoms with Crippen LogP contribution in [0.3, 0.4) is 0 Å². The van der Waals surface area contributed by atoms with Gasteiger partial charge in [-0.2, -0.15) is 0 Å². The van der Waals surface area contributed by atoms with Crippen molar-refractivity contribution in [2.75, 3.05) is 13.1 Å². The third kappa shape index (κ3) is 3.47. The van der Waals surface area contributed by atoms with Crippen molar-refractivity contribution in [2.24, 2.45) is 0 Å². The first-order valence-corrected chi connectivity index (χ1v) is 6.79. The molecule has 1 heterocycles.